The van der Waals surface area contributed by atoms with Crippen LogP contribution in [-0.2, 0) is 0 Å². The first-order valence-corrected chi connectivity index (χ1v) is 6.61. The van der Waals surface area contributed by atoms with Gasteiger partial charge in [-0.25, -0.2) is 4.98 Å². The first-order chi connectivity index (χ1) is 8.81. The molecule has 0 bridgehead atoms. The topological polar surface area (TPSA) is 16.1 Å². The van der Waals surface area contributed by atoms with E-state index < -0.39 is 0 Å². The average Bonchev–Trinajstić information content (AvgIpc) is 2.44. The highest BCUT2D eigenvalue weighted by molar-refractivity contribution is 5.92. The minimum Gasteiger partial charge on any atom is -0.374 e. The molecule has 1 heterocycles. The van der Waals surface area contributed by atoms with E-state index in [2.05, 4.69) is 55.3 Å². The minimum absolute atomic E-state index is 1.01. The molecule has 3 rings (SSSR count). The van der Waals surface area contributed by atoms with E-state index in [1.165, 1.54) is 16.3 Å². The van der Waals surface area contributed by atoms with Crippen LogP contribution in [0.2, 0.25) is 0 Å². The van der Waals surface area contributed by atoms with Crippen LogP contribution in [-0.4, -0.2) is 18.6 Å². The van der Waals surface area contributed by atoms with Crippen LogP contribution in [0.5, 0.6) is 0 Å². The number of para-hydroxylation sites is 1. The number of pyridine rings is 1. The van der Waals surface area contributed by atoms with Gasteiger partial charge in [-0.05, 0) is 25.8 Å². The molecule has 0 radical (unpaired) electrons. The van der Waals surface area contributed by atoms with Crippen LogP contribution in [0.4, 0.5) is 5.69 Å². The first-order valence-electron chi connectivity index (χ1n) is 6.61. The summed E-state index contributed by atoms with van der Waals surface area (Å²) in [6, 6.07) is 8.43. The lowest BCUT2D eigenvalue weighted by Gasteiger charge is -2.21. The predicted octanol–water partition coefficient (Wildman–Crippen LogP) is 2.05. The highest BCUT2D eigenvalue weighted by atomic mass is 15.1. The van der Waals surface area contributed by atoms with Gasteiger partial charge in [-0.3, -0.25) is 0 Å². The molecule has 0 saturated heterocycles. The number of rotatable bonds is 2. The van der Waals surface area contributed by atoms with Gasteiger partial charge in [-0.15, -0.1) is 0 Å². The minimum atomic E-state index is 1.01. The molecule has 18 heavy (non-hydrogen) atoms. The zero-order valence-corrected chi connectivity index (χ0v) is 11.0. The van der Waals surface area contributed by atoms with Gasteiger partial charge in [0.05, 0.1) is 16.6 Å². The summed E-state index contributed by atoms with van der Waals surface area (Å²) in [6.07, 6.45) is 6.82. The van der Waals surface area contributed by atoms with Gasteiger partial charge >= 0.3 is 0 Å². The molecule has 0 atom stereocenters. The normalized spacial score (nSPS) is 13.7. The number of aromatic nitrogens is 1. The van der Waals surface area contributed by atoms with E-state index in [0.29, 0.717) is 0 Å². The lowest BCUT2D eigenvalue weighted by molar-refractivity contribution is 0.959. The van der Waals surface area contributed by atoms with E-state index in [1.54, 1.807) is 0 Å². The summed E-state index contributed by atoms with van der Waals surface area (Å²) in [5, 5.41) is 3.71. The third kappa shape index (κ3) is 1.69. The third-order valence-corrected chi connectivity index (χ3v) is 3.64. The van der Waals surface area contributed by atoms with E-state index in [1.807, 2.05) is 0 Å². The van der Waals surface area contributed by atoms with Crippen molar-refractivity contribution in [1.82, 2.24) is 4.98 Å². The Morgan fingerprint density at radius 2 is 1.94 bits per heavy atom. The van der Waals surface area contributed by atoms with Gasteiger partial charge in [-0.2, -0.15) is 0 Å². The summed E-state index contributed by atoms with van der Waals surface area (Å²) in [5.41, 5.74) is 2.42. The Balaban J connectivity index is 2.49. The molecule has 0 saturated carbocycles. The summed E-state index contributed by atoms with van der Waals surface area (Å²) in [7, 11) is 2.16. The lowest BCUT2D eigenvalue weighted by Crippen LogP contribution is -2.36. The van der Waals surface area contributed by atoms with Gasteiger partial charge in [0.1, 0.15) is 0 Å². The van der Waals surface area contributed by atoms with Crippen molar-refractivity contribution in [3.63, 3.8) is 0 Å². The van der Waals surface area contributed by atoms with Crippen molar-refractivity contribution in [3.8, 4) is 0 Å². The molecule has 0 spiro atoms. The van der Waals surface area contributed by atoms with Gasteiger partial charge in [0.25, 0.3) is 0 Å². The summed E-state index contributed by atoms with van der Waals surface area (Å²) in [4.78, 5) is 7.10. The van der Waals surface area contributed by atoms with E-state index in [-0.39, 0.29) is 0 Å². The van der Waals surface area contributed by atoms with Crippen molar-refractivity contribution in [1.29, 1.82) is 0 Å². The van der Waals surface area contributed by atoms with Gasteiger partial charge in [0, 0.05) is 24.2 Å². The Bertz CT molecular complexity index is 701. The number of fused-ring (bicyclic) bond motifs is 2. The maximum atomic E-state index is 4.78. The highest BCUT2D eigenvalue weighted by Gasteiger charge is 2.10. The molecule has 1 aliphatic rings. The summed E-state index contributed by atoms with van der Waals surface area (Å²) >= 11 is 0. The highest BCUT2D eigenvalue weighted by Crippen LogP contribution is 2.20. The summed E-state index contributed by atoms with van der Waals surface area (Å²) in [5.74, 6) is 0. The van der Waals surface area contributed by atoms with Crippen molar-refractivity contribution in [2.75, 3.05) is 18.5 Å². The van der Waals surface area contributed by atoms with E-state index in [0.717, 1.165) is 30.3 Å². The Labute approximate surface area is 107 Å². The Hall–Kier alpha value is -1.83. The molecule has 0 fully saturated rings. The van der Waals surface area contributed by atoms with Crippen molar-refractivity contribution < 1.29 is 0 Å². The quantitative estimate of drug-likeness (QED) is 0.796. The molecule has 2 aromatic rings. The fourth-order valence-electron chi connectivity index (χ4n) is 2.60. The standard InChI is InChI=1S/C16H18N2/c1-3-18(2)16-12-8-4-6-10-14(12)17-15-11-7-5-9-13(15)16/h4,6,8-11H,3,5,7H2,1-2H3. The van der Waals surface area contributed by atoms with Crippen LogP contribution in [0.1, 0.15) is 19.8 Å². The second-order valence-corrected chi connectivity index (χ2v) is 4.78. The largest absolute Gasteiger partial charge is 0.374 e. The molecular weight excluding hydrogens is 220 g/mol. The molecule has 2 nitrogen and oxygen atoms in total. The Morgan fingerprint density at radius 3 is 2.78 bits per heavy atom. The molecule has 0 aliphatic heterocycles. The second kappa shape index (κ2) is 4.45. The summed E-state index contributed by atoms with van der Waals surface area (Å²) < 4.78 is 0. The van der Waals surface area contributed by atoms with Gasteiger partial charge < -0.3 is 4.90 Å². The summed E-state index contributed by atoms with van der Waals surface area (Å²) in [6.45, 7) is 3.20. The van der Waals surface area contributed by atoms with Crippen LogP contribution in [0.25, 0.3) is 23.1 Å². The first kappa shape index (κ1) is 11.3. The maximum Gasteiger partial charge on any atom is 0.0730 e. The molecule has 0 unspecified atom stereocenters. The number of anilines is 1. The molecule has 2 heteroatoms. The number of nitrogens with zero attached hydrogens (tertiary/aromatic N) is 2. The van der Waals surface area contributed by atoms with Crippen molar-refractivity contribution in [3.05, 3.63) is 34.8 Å². The fourth-order valence-corrected chi connectivity index (χ4v) is 2.60. The molecule has 0 N–H and O–H groups in total. The molecular formula is C16H18N2. The SMILES string of the molecule is CCN(C)c1c2c(nc3ccccc13)=CCCC=2. The van der Waals surface area contributed by atoms with E-state index in [9.17, 15) is 0 Å². The molecule has 1 aromatic heterocycles. The number of benzene rings is 1. The molecule has 0 amide bonds. The van der Waals surface area contributed by atoms with Crippen LogP contribution < -0.4 is 15.5 Å². The zero-order chi connectivity index (χ0) is 12.5. The zero-order valence-electron chi connectivity index (χ0n) is 11.0. The number of hydrogen-bond donors (Lipinski definition) is 0. The maximum absolute atomic E-state index is 4.78. The Morgan fingerprint density at radius 1 is 1.17 bits per heavy atom. The van der Waals surface area contributed by atoms with Gasteiger partial charge in [0.2, 0.25) is 0 Å². The molecule has 1 aliphatic carbocycles. The average molecular weight is 238 g/mol. The van der Waals surface area contributed by atoms with Crippen LogP contribution in [0.3, 0.4) is 0 Å². The van der Waals surface area contributed by atoms with Crippen molar-refractivity contribution in [2.45, 2.75) is 19.8 Å². The second-order valence-electron chi connectivity index (χ2n) is 4.78. The van der Waals surface area contributed by atoms with E-state index >= 15 is 0 Å². The van der Waals surface area contributed by atoms with Gasteiger partial charge in [-0.1, -0.05) is 30.4 Å². The fraction of sp³-hybridized carbons (Fsp3) is 0.312. The van der Waals surface area contributed by atoms with Crippen molar-refractivity contribution in [2.24, 2.45) is 0 Å². The third-order valence-electron chi connectivity index (χ3n) is 3.64. The Kier molecular flexibility index (Phi) is 2.78. The van der Waals surface area contributed by atoms with E-state index in [4.69, 9.17) is 4.98 Å². The molecule has 92 valence electrons. The van der Waals surface area contributed by atoms with Gasteiger partial charge in [0.15, 0.2) is 0 Å². The molecule has 1 aromatic carbocycles. The monoisotopic (exact) mass is 238 g/mol. The van der Waals surface area contributed by atoms with Crippen LogP contribution in [0, 0.1) is 0 Å². The smallest absolute Gasteiger partial charge is 0.0730 e. The van der Waals surface area contributed by atoms with Crippen LogP contribution in [0.15, 0.2) is 24.3 Å². The van der Waals surface area contributed by atoms with Crippen LogP contribution >= 0.6 is 0 Å². The number of hydrogen-bond acceptors (Lipinski definition) is 2. The van der Waals surface area contributed by atoms with Crippen molar-refractivity contribution >= 4 is 28.7 Å². The lowest BCUT2D eigenvalue weighted by atomic mass is 10.1. The predicted molar refractivity (Wildman–Crippen MR) is 78.1 cm³/mol.